The second kappa shape index (κ2) is 11.5. The van der Waals surface area contributed by atoms with E-state index in [0.29, 0.717) is 25.1 Å². The molecule has 0 aliphatic carbocycles. The van der Waals surface area contributed by atoms with Crippen LogP contribution in [0.15, 0.2) is 72.4 Å². The standard InChI is InChI=1S/C23H26N2O3/c1-18-12-14-20(15-13-18)22(26)25-21(23(27)24-16-7-17-28-2)11-6-10-19-8-4-3-5-9-19/h3-6,8-15H,7,16-17H2,1-2H3,(H,24,27)(H,25,26)/b10-6+,21-11+. The zero-order valence-electron chi connectivity index (χ0n) is 16.3. The molecule has 0 saturated heterocycles. The fourth-order valence-electron chi connectivity index (χ4n) is 2.41. The lowest BCUT2D eigenvalue weighted by molar-refractivity contribution is -0.117. The van der Waals surface area contributed by atoms with Gasteiger partial charge in [0.05, 0.1) is 0 Å². The molecule has 0 bridgehead atoms. The van der Waals surface area contributed by atoms with Crippen LogP contribution < -0.4 is 10.6 Å². The molecule has 28 heavy (non-hydrogen) atoms. The summed E-state index contributed by atoms with van der Waals surface area (Å²) in [6, 6.07) is 16.9. The van der Waals surface area contributed by atoms with E-state index in [9.17, 15) is 9.59 Å². The molecule has 0 aliphatic rings. The Kier molecular flexibility index (Phi) is 8.69. The van der Waals surface area contributed by atoms with Crippen LogP contribution in [-0.2, 0) is 9.53 Å². The van der Waals surface area contributed by atoms with Crippen LogP contribution in [0, 0.1) is 6.92 Å². The highest BCUT2D eigenvalue weighted by Gasteiger charge is 2.13. The average molecular weight is 378 g/mol. The second-order valence-corrected chi connectivity index (χ2v) is 6.27. The van der Waals surface area contributed by atoms with Gasteiger partial charge in [0.2, 0.25) is 0 Å². The van der Waals surface area contributed by atoms with Crippen molar-refractivity contribution in [2.75, 3.05) is 20.3 Å². The van der Waals surface area contributed by atoms with Gasteiger partial charge in [-0.05, 0) is 37.1 Å². The van der Waals surface area contributed by atoms with Crippen molar-refractivity contribution in [2.45, 2.75) is 13.3 Å². The number of rotatable bonds is 9. The van der Waals surface area contributed by atoms with Crippen LogP contribution >= 0.6 is 0 Å². The van der Waals surface area contributed by atoms with Crippen molar-refractivity contribution in [2.24, 2.45) is 0 Å². The highest BCUT2D eigenvalue weighted by molar-refractivity contribution is 6.03. The summed E-state index contributed by atoms with van der Waals surface area (Å²) >= 11 is 0. The van der Waals surface area contributed by atoms with Crippen molar-refractivity contribution >= 4 is 17.9 Å². The first-order valence-electron chi connectivity index (χ1n) is 9.18. The highest BCUT2D eigenvalue weighted by Crippen LogP contribution is 2.06. The number of benzene rings is 2. The van der Waals surface area contributed by atoms with Gasteiger partial charge in [0, 0.05) is 25.8 Å². The van der Waals surface area contributed by atoms with Gasteiger partial charge in [-0.2, -0.15) is 0 Å². The topological polar surface area (TPSA) is 67.4 Å². The molecular formula is C23H26N2O3. The number of hydrogen-bond donors (Lipinski definition) is 2. The summed E-state index contributed by atoms with van der Waals surface area (Å²) in [5.74, 6) is -0.666. The molecule has 0 spiro atoms. The van der Waals surface area contributed by atoms with E-state index >= 15 is 0 Å². The summed E-state index contributed by atoms with van der Waals surface area (Å²) in [6.45, 7) is 2.98. The Morgan fingerprint density at radius 2 is 1.75 bits per heavy atom. The van der Waals surface area contributed by atoms with Gasteiger partial charge < -0.3 is 15.4 Å². The third-order valence-electron chi connectivity index (χ3n) is 3.97. The summed E-state index contributed by atoms with van der Waals surface area (Å²) < 4.78 is 4.98. The lowest BCUT2D eigenvalue weighted by Crippen LogP contribution is -2.35. The van der Waals surface area contributed by atoms with Gasteiger partial charge in [0.25, 0.3) is 11.8 Å². The molecule has 2 aromatic rings. The van der Waals surface area contributed by atoms with Crippen molar-refractivity contribution in [1.29, 1.82) is 0 Å². The maximum absolute atomic E-state index is 12.5. The number of hydrogen-bond acceptors (Lipinski definition) is 3. The molecule has 2 rings (SSSR count). The van der Waals surface area contributed by atoms with Crippen LogP contribution in [0.25, 0.3) is 6.08 Å². The molecule has 0 aromatic heterocycles. The number of amides is 2. The van der Waals surface area contributed by atoms with Crippen molar-refractivity contribution in [3.05, 3.63) is 89.1 Å². The first-order valence-corrected chi connectivity index (χ1v) is 9.18. The predicted molar refractivity (Wildman–Crippen MR) is 112 cm³/mol. The van der Waals surface area contributed by atoms with Crippen LogP contribution in [0.4, 0.5) is 0 Å². The summed E-state index contributed by atoms with van der Waals surface area (Å²) in [5, 5.41) is 5.50. The average Bonchev–Trinajstić information content (AvgIpc) is 2.71. The van der Waals surface area contributed by atoms with E-state index in [1.54, 1.807) is 31.4 Å². The van der Waals surface area contributed by atoms with E-state index < -0.39 is 0 Å². The molecule has 0 atom stereocenters. The molecule has 0 saturated carbocycles. The van der Waals surface area contributed by atoms with Crippen molar-refractivity contribution < 1.29 is 14.3 Å². The molecule has 0 unspecified atom stereocenters. The fraction of sp³-hybridized carbons (Fsp3) is 0.217. The van der Waals surface area contributed by atoms with Crippen LogP contribution in [0.3, 0.4) is 0 Å². The molecule has 146 valence electrons. The molecule has 0 fully saturated rings. The maximum atomic E-state index is 12.5. The van der Waals surface area contributed by atoms with Crippen LogP contribution in [0.2, 0.25) is 0 Å². The Morgan fingerprint density at radius 1 is 1.04 bits per heavy atom. The largest absolute Gasteiger partial charge is 0.385 e. The van der Waals surface area contributed by atoms with E-state index in [0.717, 1.165) is 11.1 Å². The van der Waals surface area contributed by atoms with Crippen molar-refractivity contribution in [3.8, 4) is 0 Å². The molecule has 0 heterocycles. The number of nitrogens with one attached hydrogen (secondary N) is 2. The molecule has 2 aromatic carbocycles. The predicted octanol–water partition coefficient (Wildman–Crippen LogP) is 3.47. The second-order valence-electron chi connectivity index (χ2n) is 6.27. The zero-order valence-corrected chi connectivity index (χ0v) is 16.3. The molecule has 0 radical (unpaired) electrons. The van der Waals surface area contributed by atoms with E-state index in [-0.39, 0.29) is 17.5 Å². The van der Waals surface area contributed by atoms with Gasteiger partial charge in [-0.1, -0.05) is 60.2 Å². The molecule has 2 amide bonds. The Bertz CT molecular complexity index is 825. The SMILES string of the molecule is COCCCNC(=O)/C(=C\C=C\c1ccccc1)NC(=O)c1ccc(C)cc1. The normalized spacial score (nSPS) is 11.4. The van der Waals surface area contributed by atoms with Crippen molar-refractivity contribution in [3.63, 3.8) is 0 Å². The molecule has 5 nitrogen and oxygen atoms in total. The number of aryl methyl sites for hydroxylation is 1. The van der Waals surface area contributed by atoms with Crippen LogP contribution in [0.1, 0.15) is 27.9 Å². The maximum Gasteiger partial charge on any atom is 0.267 e. The smallest absolute Gasteiger partial charge is 0.267 e. The van der Waals surface area contributed by atoms with E-state index in [4.69, 9.17) is 4.74 Å². The first-order chi connectivity index (χ1) is 13.6. The first kappa shape index (κ1) is 21.1. The molecule has 5 heteroatoms. The summed E-state index contributed by atoms with van der Waals surface area (Å²) in [5.41, 5.74) is 2.75. The van der Waals surface area contributed by atoms with Gasteiger partial charge in [-0.25, -0.2) is 0 Å². The quantitative estimate of drug-likeness (QED) is 0.399. The number of methoxy groups -OCH3 is 1. The number of carbonyl (C=O) groups excluding carboxylic acids is 2. The molecular weight excluding hydrogens is 352 g/mol. The summed E-state index contributed by atoms with van der Waals surface area (Å²) in [4.78, 5) is 25.0. The molecule has 0 aliphatic heterocycles. The number of carbonyl (C=O) groups is 2. The van der Waals surface area contributed by atoms with Crippen LogP contribution in [-0.4, -0.2) is 32.1 Å². The Labute approximate surface area is 166 Å². The summed E-state index contributed by atoms with van der Waals surface area (Å²) in [6.07, 6.45) is 5.91. The van der Waals surface area contributed by atoms with E-state index in [1.165, 1.54) is 0 Å². The van der Waals surface area contributed by atoms with Gasteiger partial charge in [0.1, 0.15) is 5.70 Å². The zero-order chi connectivity index (χ0) is 20.2. The third-order valence-corrected chi connectivity index (χ3v) is 3.97. The Balaban J connectivity index is 2.11. The number of allylic oxidation sites excluding steroid dienone is 2. The van der Waals surface area contributed by atoms with E-state index in [1.807, 2.05) is 55.5 Å². The van der Waals surface area contributed by atoms with Crippen molar-refractivity contribution in [1.82, 2.24) is 10.6 Å². The minimum absolute atomic E-state index is 0.190. The highest BCUT2D eigenvalue weighted by atomic mass is 16.5. The van der Waals surface area contributed by atoms with E-state index in [2.05, 4.69) is 10.6 Å². The van der Waals surface area contributed by atoms with Gasteiger partial charge in [0.15, 0.2) is 0 Å². The Morgan fingerprint density at radius 3 is 2.43 bits per heavy atom. The lowest BCUT2D eigenvalue weighted by atomic mass is 10.1. The lowest BCUT2D eigenvalue weighted by Gasteiger charge is -2.10. The summed E-state index contributed by atoms with van der Waals surface area (Å²) in [7, 11) is 1.61. The van der Waals surface area contributed by atoms with Crippen LogP contribution in [0.5, 0.6) is 0 Å². The fourth-order valence-corrected chi connectivity index (χ4v) is 2.41. The Hall–Kier alpha value is -3.18. The third kappa shape index (κ3) is 7.21. The van der Waals surface area contributed by atoms with Gasteiger partial charge >= 0.3 is 0 Å². The minimum Gasteiger partial charge on any atom is -0.385 e. The monoisotopic (exact) mass is 378 g/mol. The molecule has 2 N–H and O–H groups in total. The number of ether oxygens (including phenoxy) is 1. The van der Waals surface area contributed by atoms with Gasteiger partial charge in [-0.3, -0.25) is 9.59 Å². The van der Waals surface area contributed by atoms with Gasteiger partial charge in [-0.15, -0.1) is 0 Å². The minimum atomic E-state index is -0.339.